The Labute approximate surface area is 298 Å². The monoisotopic (exact) mass is 749 g/mol. The summed E-state index contributed by atoms with van der Waals surface area (Å²) < 4.78 is 104. The van der Waals surface area contributed by atoms with Gasteiger partial charge >= 0.3 is 0 Å². The highest BCUT2D eigenvalue weighted by Crippen LogP contribution is 2.35. The number of hydrogen-bond donors (Lipinski definition) is 3. The Bertz CT molecular complexity index is 2410. The molecule has 0 aliphatic heterocycles. The number of allylic oxidation sites excluding steroid dienone is 5. The smallest absolute Gasteiger partial charge is 0.295 e. The minimum Gasteiger partial charge on any atom is -0.367 e. The molecule has 0 amide bonds. The lowest BCUT2D eigenvalue weighted by Gasteiger charge is -2.24. The lowest BCUT2D eigenvalue weighted by molar-refractivity contribution is -0.539. The van der Waals surface area contributed by atoms with E-state index in [1.807, 2.05) is 71.9 Å². The normalized spacial score (nSPS) is 15.5. The molecule has 0 radical (unpaired) electrons. The maximum Gasteiger partial charge on any atom is 0.295 e. The van der Waals surface area contributed by atoms with Crippen molar-refractivity contribution in [3.05, 3.63) is 149 Å². The topological polar surface area (TPSA) is 169 Å². The van der Waals surface area contributed by atoms with Crippen LogP contribution in [0, 0.1) is 0 Å². The van der Waals surface area contributed by atoms with Crippen LogP contribution in [0.2, 0.25) is 0 Å². The fraction of sp³-hybridized carbons (Fsp3) is 0.162. The molecule has 0 saturated heterocycles. The Morgan fingerprint density at radius 1 is 0.667 bits per heavy atom. The first-order chi connectivity index (χ1) is 24.1. The quantitative estimate of drug-likeness (QED) is 0.114. The van der Waals surface area contributed by atoms with E-state index in [1.54, 1.807) is 36.4 Å². The van der Waals surface area contributed by atoms with Crippen molar-refractivity contribution in [3.63, 3.8) is 0 Å². The Hall–Kier alpha value is -4.70. The average Bonchev–Trinajstić information content (AvgIpc) is 3.10. The molecule has 14 heteroatoms. The predicted octanol–water partition coefficient (Wildman–Crippen LogP) is 6.05. The van der Waals surface area contributed by atoms with Gasteiger partial charge in [0.15, 0.2) is 6.54 Å². The van der Waals surface area contributed by atoms with E-state index in [0.717, 1.165) is 5.69 Å². The van der Waals surface area contributed by atoms with Crippen molar-refractivity contribution in [1.29, 1.82) is 0 Å². The molecule has 0 heterocycles. The third kappa shape index (κ3) is 8.97. The van der Waals surface area contributed by atoms with Gasteiger partial charge in [-0.25, -0.2) is 4.58 Å². The van der Waals surface area contributed by atoms with Crippen molar-refractivity contribution in [2.75, 3.05) is 18.0 Å². The van der Waals surface area contributed by atoms with Crippen LogP contribution in [0.3, 0.4) is 0 Å². The van der Waals surface area contributed by atoms with Gasteiger partial charge in [0.05, 0.1) is 15.4 Å². The molecule has 0 bridgehead atoms. The van der Waals surface area contributed by atoms with Gasteiger partial charge in [0.2, 0.25) is 5.71 Å². The molecule has 4 aromatic carbocycles. The van der Waals surface area contributed by atoms with Crippen LogP contribution in [0.4, 0.5) is 5.69 Å². The van der Waals surface area contributed by atoms with Crippen molar-refractivity contribution in [2.24, 2.45) is 0 Å². The molecule has 5 rings (SSSR count). The number of hydrogen-bond acceptors (Lipinski definition) is 7. The van der Waals surface area contributed by atoms with Crippen LogP contribution in [0.5, 0.6) is 0 Å². The molecule has 11 nitrogen and oxygen atoms in total. The van der Waals surface area contributed by atoms with E-state index in [1.165, 1.54) is 36.4 Å². The molecule has 0 unspecified atom stereocenters. The lowest BCUT2D eigenvalue weighted by atomic mass is 9.88. The first kappa shape index (κ1) is 37.6. The van der Waals surface area contributed by atoms with Gasteiger partial charge in [-0.2, -0.15) is 25.3 Å². The Morgan fingerprint density at radius 3 is 1.84 bits per heavy atom. The fourth-order valence-corrected chi connectivity index (χ4v) is 7.76. The van der Waals surface area contributed by atoms with E-state index in [4.69, 9.17) is 0 Å². The second-order valence-electron chi connectivity index (χ2n) is 11.7. The maximum atomic E-state index is 12.7. The summed E-state index contributed by atoms with van der Waals surface area (Å²) >= 11 is 0. The number of rotatable bonds is 12. The minimum atomic E-state index is -4.66. The zero-order chi connectivity index (χ0) is 37.0. The molecule has 0 spiro atoms. The third-order valence-corrected chi connectivity index (χ3v) is 11.0. The summed E-state index contributed by atoms with van der Waals surface area (Å²) in [5.41, 5.74) is 4.84. The van der Waals surface area contributed by atoms with Gasteiger partial charge in [0.25, 0.3) is 30.4 Å². The average molecular weight is 750 g/mol. The summed E-state index contributed by atoms with van der Waals surface area (Å²) in [5, 5.41) is 0. The first-order valence-corrected chi connectivity index (χ1v) is 20.2. The van der Waals surface area contributed by atoms with E-state index < -0.39 is 30.4 Å². The molecule has 51 heavy (non-hydrogen) atoms. The number of nitrogens with zero attached hydrogens (tertiary/aromatic N) is 2. The highest BCUT2D eigenvalue weighted by molar-refractivity contribution is 7.86. The van der Waals surface area contributed by atoms with Crippen LogP contribution >= 0.6 is 0 Å². The minimum absolute atomic E-state index is 0.200. The van der Waals surface area contributed by atoms with Gasteiger partial charge in [-0.15, -0.1) is 0 Å². The van der Waals surface area contributed by atoms with Crippen molar-refractivity contribution in [3.8, 4) is 0 Å². The summed E-state index contributed by atoms with van der Waals surface area (Å²) in [4.78, 5) is 1.29. The highest BCUT2D eigenvalue weighted by Gasteiger charge is 2.27. The largest absolute Gasteiger partial charge is 0.367 e. The summed E-state index contributed by atoms with van der Waals surface area (Å²) in [7, 11) is -13.5. The molecule has 4 aromatic rings. The van der Waals surface area contributed by atoms with Crippen molar-refractivity contribution >= 4 is 47.3 Å². The SMILES string of the molecule is CCN(Cc1cccc(S(=O)(=O)O)c1)c1ccc(C(=C2C=CC=CC2=[N+](CC)Cc2cccc(S(=O)(=O)O)c2)c2ccccc2S(=O)(=O)O)cc1. The molecule has 0 fully saturated rings. The van der Waals surface area contributed by atoms with Crippen molar-refractivity contribution in [1.82, 2.24) is 0 Å². The molecule has 1 aliphatic rings. The molecular formula is C37H37N2O9S3+. The van der Waals surface area contributed by atoms with Crippen molar-refractivity contribution in [2.45, 2.75) is 41.6 Å². The molecule has 3 N–H and O–H groups in total. The summed E-state index contributed by atoms with van der Waals surface area (Å²) in [5.74, 6) is 0. The standard InChI is InChI=1S/C37H36N2O9S3/c1-3-38(25-27-11-9-13-31(23-27)49(40,41)42)30-21-19-29(20-22-30)37(34-16-6-8-18-36(34)51(46,47)48)33-15-5-7-17-35(33)39(4-2)26-28-12-10-14-32(24-28)50(43,44)45/h5-24H,3-4,25-26H2,1-2H3,(H2-,40,41,42,43,44,45,46,47,48)/p+1. The fourth-order valence-electron chi connectivity index (χ4n) is 5.96. The van der Waals surface area contributed by atoms with E-state index >= 15 is 0 Å². The second kappa shape index (κ2) is 15.3. The van der Waals surface area contributed by atoms with Gasteiger partial charge in [-0.3, -0.25) is 13.7 Å². The molecule has 1 aliphatic carbocycles. The summed E-state index contributed by atoms with van der Waals surface area (Å²) in [6.07, 6.45) is 7.36. The van der Waals surface area contributed by atoms with E-state index in [9.17, 15) is 38.9 Å². The molecular weight excluding hydrogens is 713 g/mol. The lowest BCUT2D eigenvalue weighted by Crippen LogP contribution is -2.23. The van der Waals surface area contributed by atoms with Crippen LogP contribution in [0.25, 0.3) is 5.57 Å². The predicted molar refractivity (Wildman–Crippen MR) is 196 cm³/mol. The van der Waals surface area contributed by atoms with Crippen LogP contribution < -0.4 is 4.90 Å². The maximum absolute atomic E-state index is 12.7. The Morgan fingerprint density at radius 2 is 1.25 bits per heavy atom. The number of anilines is 1. The second-order valence-corrected chi connectivity index (χ2v) is 15.9. The zero-order valence-corrected chi connectivity index (χ0v) is 30.2. The van der Waals surface area contributed by atoms with E-state index in [2.05, 4.69) is 0 Å². The van der Waals surface area contributed by atoms with Crippen LogP contribution in [-0.4, -0.2) is 62.3 Å². The highest BCUT2D eigenvalue weighted by atomic mass is 32.2. The van der Waals surface area contributed by atoms with Gasteiger partial charge in [-0.05, 0) is 73.5 Å². The molecule has 0 aromatic heterocycles. The van der Waals surface area contributed by atoms with Crippen LogP contribution in [-0.2, 0) is 43.4 Å². The number of benzene rings is 4. The van der Waals surface area contributed by atoms with E-state index in [-0.39, 0.29) is 26.8 Å². The van der Waals surface area contributed by atoms with Gasteiger partial charge in [0.1, 0.15) is 11.4 Å². The third-order valence-electron chi connectivity index (χ3n) is 8.37. The first-order valence-electron chi connectivity index (χ1n) is 15.9. The Kier molecular flexibility index (Phi) is 11.2. The van der Waals surface area contributed by atoms with Crippen LogP contribution in [0.1, 0.15) is 36.1 Å². The molecule has 266 valence electrons. The zero-order valence-electron chi connectivity index (χ0n) is 27.8. The van der Waals surface area contributed by atoms with Gasteiger partial charge in [0, 0.05) is 41.6 Å². The van der Waals surface area contributed by atoms with Gasteiger partial charge < -0.3 is 4.90 Å². The van der Waals surface area contributed by atoms with E-state index in [0.29, 0.717) is 53.2 Å². The van der Waals surface area contributed by atoms with Gasteiger partial charge in [-0.1, -0.05) is 66.7 Å². The molecule has 0 saturated carbocycles. The summed E-state index contributed by atoms with van der Waals surface area (Å²) in [6, 6.07) is 25.6. The Balaban J connectivity index is 1.66. The summed E-state index contributed by atoms with van der Waals surface area (Å²) in [6.45, 7) is 5.51. The van der Waals surface area contributed by atoms with Crippen molar-refractivity contribution < 1.29 is 43.5 Å². The van der Waals surface area contributed by atoms with Crippen LogP contribution in [0.15, 0.2) is 142 Å². The molecule has 0 atom stereocenters.